The van der Waals surface area contributed by atoms with Crippen LogP contribution in [0.25, 0.3) is 0 Å². The molecule has 1 N–H and O–H groups in total. The summed E-state index contributed by atoms with van der Waals surface area (Å²) >= 11 is 0. The summed E-state index contributed by atoms with van der Waals surface area (Å²) in [4.78, 5) is 2.25. The molecule has 1 unspecified atom stereocenters. The summed E-state index contributed by atoms with van der Waals surface area (Å²) in [5.74, 6) is 0.997. The Kier molecular flexibility index (Phi) is 5.45. The van der Waals surface area contributed by atoms with E-state index in [0.29, 0.717) is 6.04 Å². The molecule has 1 aromatic carbocycles. The monoisotopic (exact) mass is 286 g/mol. The third-order valence-electron chi connectivity index (χ3n) is 3.97. The third kappa shape index (κ3) is 3.88. The normalized spacial score (nSPS) is 12.4. The van der Waals surface area contributed by atoms with Crippen LogP contribution in [-0.4, -0.2) is 13.6 Å². The van der Waals surface area contributed by atoms with E-state index < -0.39 is 0 Å². The zero-order chi connectivity index (χ0) is 15.2. The van der Waals surface area contributed by atoms with Crippen molar-refractivity contribution in [2.45, 2.75) is 39.8 Å². The van der Waals surface area contributed by atoms with Crippen LogP contribution in [0, 0.1) is 6.92 Å². The van der Waals surface area contributed by atoms with Crippen LogP contribution in [0.1, 0.15) is 43.2 Å². The average Bonchev–Trinajstić information content (AvgIpc) is 2.90. The minimum Gasteiger partial charge on any atom is -0.469 e. The molecule has 0 aliphatic heterocycles. The molecule has 0 spiro atoms. The number of nitrogens with zero attached hydrogens (tertiary/aromatic N) is 1. The van der Waals surface area contributed by atoms with Crippen molar-refractivity contribution in [1.82, 2.24) is 5.32 Å². The van der Waals surface area contributed by atoms with Gasteiger partial charge in [0.2, 0.25) is 0 Å². The van der Waals surface area contributed by atoms with E-state index in [2.05, 4.69) is 55.4 Å². The Balaban J connectivity index is 2.06. The molecule has 0 amide bonds. The number of furan rings is 1. The van der Waals surface area contributed by atoms with Crippen LogP contribution in [0.3, 0.4) is 0 Å². The van der Waals surface area contributed by atoms with Gasteiger partial charge in [-0.05, 0) is 43.7 Å². The summed E-state index contributed by atoms with van der Waals surface area (Å²) in [6.07, 6.45) is 2.86. The molecule has 0 radical (unpaired) electrons. The van der Waals surface area contributed by atoms with E-state index in [-0.39, 0.29) is 0 Å². The number of anilines is 1. The van der Waals surface area contributed by atoms with E-state index in [1.165, 1.54) is 16.8 Å². The maximum atomic E-state index is 5.36. The van der Waals surface area contributed by atoms with E-state index in [9.17, 15) is 0 Å². The van der Waals surface area contributed by atoms with Gasteiger partial charge in [0, 0.05) is 30.9 Å². The lowest BCUT2D eigenvalue weighted by molar-refractivity contribution is 0.529. The molecule has 0 bridgehead atoms. The highest BCUT2D eigenvalue weighted by Crippen LogP contribution is 2.22. The van der Waals surface area contributed by atoms with Gasteiger partial charge in [-0.25, -0.2) is 0 Å². The van der Waals surface area contributed by atoms with Gasteiger partial charge in [0.15, 0.2) is 0 Å². The summed E-state index contributed by atoms with van der Waals surface area (Å²) < 4.78 is 5.36. The molecule has 21 heavy (non-hydrogen) atoms. The zero-order valence-electron chi connectivity index (χ0n) is 13.5. The molecule has 0 aliphatic rings. The topological polar surface area (TPSA) is 28.4 Å². The Hall–Kier alpha value is -1.74. The third-order valence-corrected chi connectivity index (χ3v) is 3.97. The van der Waals surface area contributed by atoms with Crippen LogP contribution in [-0.2, 0) is 6.54 Å². The molecule has 2 aromatic rings. The van der Waals surface area contributed by atoms with Crippen molar-refractivity contribution >= 4 is 5.69 Å². The highest BCUT2D eigenvalue weighted by atomic mass is 16.3. The molecule has 2 rings (SSSR count). The first kappa shape index (κ1) is 15.6. The quantitative estimate of drug-likeness (QED) is 0.823. The van der Waals surface area contributed by atoms with E-state index in [4.69, 9.17) is 4.42 Å². The Labute approximate surface area is 128 Å². The van der Waals surface area contributed by atoms with Gasteiger partial charge >= 0.3 is 0 Å². The van der Waals surface area contributed by atoms with Crippen molar-refractivity contribution in [2.75, 3.05) is 18.5 Å². The predicted molar refractivity (Wildman–Crippen MR) is 88.7 cm³/mol. The fraction of sp³-hybridized carbons (Fsp3) is 0.444. The molecule has 0 fully saturated rings. The summed E-state index contributed by atoms with van der Waals surface area (Å²) in [7, 11) is 2.11. The number of aryl methyl sites for hydroxylation is 1. The van der Waals surface area contributed by atoms with Crippen LogP contribution in [0.4, 0.5) is 5.69 Å². The summed E-state index contributed by atoms with van der Waals surface area (Å²) in [5, 5.41) is 3.52. The molecule has 1 heterocycles. The molecule has 3 nitrogen and oxygen atoms in total. The van der Waals surface area contributed by atoms with Crippen LogP contribution >= 0.6 is 0 Å². The fourth-order valence-corrected chi connectivity index (χ4v) is 2.63. The lowest BCUT2D eigenvalue weighted by Crippen LogP contribution is -2.20. The van der Waals surface area contributed by atoms with Crippen molar-refractivity contribution in [1.29, 1.82) is 0 Å². The Bertz CT molecular complexity index is 545. The van der Waals surface area contributed by atoms with Crippen LogP contribution in [0.2, 0.25) is 0 Å². The maximum absolute atomic E-state index is 5.36. The second kappa shape index (κ2) is 7.32. The molecular formula is C18H26N2O. The lowest BCUT2D eigenvalue weighted by Gasteiger charge is -2.21. The average molecular weight is 286 g/mol. The van der Waals surface area contributed by atoms with Crippen molar-refractivity contribution in [3.63, 3.8) is 0 Å². The van der Waals surface area contributed by atoms with Crippen LogP contribution in [0.5, 0.6) is 0 Å². The van der Waals surface area contributed by atoms with Crippen molar-refractivity contribution < 1.29 is 4.42 Å². The van der Waals surface area contributed by atoms with Gasteiger partial charge in [-0.2, -0.15) is 0 Å². The second-order valence-corrected chi connectivity index (χ2v) is 5.47. The number of hydrogen-bond donors (Lipinski definition) is 1. The van der Waals surface area contributed by atoms with Gasteiger partial charge in [-0.1, -0.05) is 26.0 Å². The van der Waals surface area contributed by atoms with Gasteiger partial charge in [0.25, 0.3) is 0 Å². The SMILES string of the molecule is CCNC(CC)c1ccc(N(C)Cc2ccoc2C)cc1. The molecule has 1 aromatic heterocycles. The van der Waals surface area contributed by atoms with Gasteiger partial charge < -0.3 is 14.6 Å². The molecule has 0 saturated heterocycles. The standard InChI is InChI=1S/C18H26N2O/c1-5-18(19-6-2)15-7-9-17(10-8-15)20(4)13-16-11-12-21-14(16)3/h7-12,18-19H,5-6,13H2,1-4H3. The highest BCUT2D eigenvalue weighted by molar-refractivity contribution is 5.48. The van der Waals surface area contributed by atoms with Gasteiger partial charge in [0.1, 0.15) is 5.76 Å². The van der Waals surface area contributed by atoms with Crippen LogP contribution in [0.15, 0.2) is 41.0 Å². The minimum atomic E-state index is 0.450. The van der Waals surface area contributed by atoms with Crippen LogP contribution < -0.4 is 10.2 Å². The van der Waals surface area contributed by atoms with E-state index in [1.807, 2.05) is 13.0 Å². The smallest absolute Gasteiger partial charge is 0.105 e. The van der Waals surface area contributed by atoms with Gasteiger partial charge in [0.05, 0.1) is 6.26 Å². The van der Waals surface area contributed by atoms with E-state index in [1.54, 1.807) is 6.26 Å². The molecule has 0 saturated carbocycles. The van der Waals surface area contributed by atoms with Gasteiger partial charge in [-0.15, -0.1) is 0 Å². The predicted octanol–water partition coefficient (Wildman–Crippen LogP) is 4.29. The molecule has 1 atom stereocenters. The first-order valence-electron chi connectivity index (χ1n) is 7.73. The Morgan fingerprint density at radius 1 is 1.14 bits per heavy atom. The maximum Gasteiger partial charge on any atom is 0.105 e. The molecule has 0 aliphatic carbocycles. The first-order chi connectivity index (χ1) is 10.2. The van der Waals surface area contributed by atoms with Crippen molar-refractivity contribution in [3.05, 3.63) is 53.5 Å². The summed E-state index contributed by atoms with van der Waals surface area (Å²) in [5.41, 5.74) is 3.82. The lowest BCUT2D eigenvalue weighted by atomic mass is 10.0. The van der Waals surface area contributed by atoms with E-state index >= 15 is 0 Å². The Morgan fingerprint density at radius 3 is 2.38 bits per heavy atom. The van der Waals surface area contributed by atoms with Gasteiger partial charge in [-0.3, -0.25) is 0 Å². The largest absolute Gasteiger partial charge is 0.469 e. The number of nitrogens with one attached hydrogen (secondary N) is 1. The summed E-state index contributed by atoms with van der Waals surface area (Å²) in [6.45, 7) is 8.24. The first-order valence-corrected chi connectivity index (χ1v) is 7.73. The zero-order valence-corrected chi connectivity index (χ0v) is 13.5. The fourth-order valence-electron chi connectivity index (χ4n) is 2.63. The van der Waals surface area contributed by atoms with Crippen molar-refractivity contribution in [2.24, 2.45) is 0 Å². The van der Waals surface area contributed by atoms with Crippen molar-refractivity contribution in [3.8, 4) is 0 Å². The number of hydrogen-bond acceptors (Lipinski definition) is 3. The molecule has 3 heteroatoms. The highest BCUT2D eigenvalue weighted by Gasteiger charge is 2.09. The number of rotatable bonds is 7. The minimum absolute atomic E-state index is 0.450. The summed E-state index contributed by atoms with van der Waals surface area (Å²) in [6, 6.07) is 11.3. The molecule has 114 valence electrons. The number of benzene rings is 1. The molecular weight excluding hydrogens is 260 g/mol. The Morgan fingerprint density at radius 2 is 1.86 bits per heavy atom. The second-order valence-electron chi connectivity index (χ2n) is 5.47. The van der Waals surface area contributed by atoms with E-state index in [0.717, 1.165) is 25.3 Å².